The highest BCUT2D eigenvalue weighted by Gasteiger charge is 2.15. The van der Waals surface area contributed by atoms with Gasteiger partial charge < -0.3 is 19.9 Å². The van der Waals surface area contributed by atoms with Crippen molar-refractivity contribution in [1.82, 2.24) is 9.78 Å². The van der Waals surface area contributed by atoms with Crippen molar-refractivity contribution in [2.75, 3.05) is 21.3 Å². The maximum atomic E-state index is 11.7. The van der Waals surface area contributed by atoms with Gasteiger partial charge in [0.05, 0.1) is 27.0 Å². The molecular formula is C15H17N3O5. The molecule has 1 aromatic heterocycles. The summed E-state index contributed by atoms with van der Waals surface area (Å²) in [5.41, 5.74) is 5.80. The summed E-state index contributed by atoms with van der Waals surface area (Å²) in [6.45, 7) is -0.295. The number of amides is 1. The highest BCUT2D eigenvalue weighted by atomic mass is 16.5. The molecule has 2 aromatic rings. The highest BCUT2D eigenvalue weighted by Crippen LogP contribution is 2.40. The first-order chi connectivity index (χ1) is 11.0. The van der Waals surface area contributed by atoms with E-state index in [1.165, 1.54) is 27.4 Å². The van der Waals surface area contributed by atoms with Crippen LogP contribution in [0, 0.1) is 0 Å². The molecule has 2 N–H and O–H groups in total. The largest absolute Gasteiger partial charge is 0.493 e. The Kier molecular flexibility index (Phi) is 4.85. The van der Waals surface area contributed by atoms with E-state index >= 15 is 0 Å². The average molecular weight is 319 g/mol. The second-order valence-corrected chi connectivity index (χ2v) is 4.59. The summed E-state index contributed by atoms with van der Waals surface area (Å²) in [5, 5.41) is 4.14. The molecule has 0 aliphatic heterocycles. The number of carbonyl (C=O) groups excluding carboxylic acids is 1. The number of hydrogen-bond donors (Lipinski definition) is 1. The number of aromatic nitrogens is 2. The Morgan fingerprint density at radius 2 is 1.74 bits per heavy atom. The molecular weight excluding hydrogens is 302 g/mol. The number of ether oxygens (including phenoxy) is 3. The van der Waals surface area contributed by atoms with Gasteiger partial charge in [-0.2, -0.15) is 5.10 Å². The van der Waals surface area contributed by atoms with Crippen molar-refractivity contribution in [3.05, 3.63) is 34.6 Å². The zero-order chi connectivity index (χ0) is 17.0. The van der Waals surface area contributed by atoms with Crippen LogP contribution in [0.1, 0.15) is 0 Å². The van der Waals surface area contributed by atoms with E-state index in [0.29, 0.717) is 28.5 Å². The first-order valence-corrected chi connectivity index (χ1v) is 6.67. The Balaban J connectivity index is 2.58. The molecule has 122 valence electrons. The van der Waals surface area contributed by atoms with Gasteiger partial charge >= 0.3 is 0 Å². The van der Waals surface area contributed by atoms with Crippen LogP contribution in [0.5, 0.6) is 17.2 Å². The van der Waals surface area contributed by atoms with Gasteiger partial charge in [0.2, 0.25) is 11.7 Å². The fourth-order valence-corrected chi connectivity index (χ4v) is 2.09. The molecule has 1 amide bonds. The summed E-state index contributed by atoms with van der Waals surface area (Å²) in [5.74, 6) is 0.707. The standard InChI is InChI=1S/C15H17N3O5/c1-21-11-6-9(7-12(22-2)15(11)23-3)10-4-5-14(20)18(17-10)8-13(16)19/h4-7H,8H2,1-3H3,(H2,16,19). The Hall–Kier alpha value is -3.03. The number of hydrogen-bond acceptors (Lipinski definition) is 6. The van der Waals surface area contributed by atoms with Crippen LogP contribution in [0.15, 0.2) is 29.1 Å². The van der Waals surface area contributed by atoms with E-state index in [9.17, 15) is 9.59 Å². The second kappa shape index (κ2) is 6.82. The van der Waals surface area contributed by atoms with Gasteiger partial charge in [0.15, 0.2) is 11.5 Å². The zero-order valence-corrected chi connectivity index (χ0v) is 13.0. The van der Waals surface area contributed by atoms with Crippen molar-refractivity contribution in [2.24, 2.45) is 5.73 Å². The molecule has 1 aromatic carbocycles. The SMILES string of the molecule is COc1cc(-c2ccc(=O)n(CC(N)=O)n2)cc(OC)c1OC. The number of nitrogens with zero attached hydrogens (tertiary/aromatic N) is 2. The Bertz CT molecular complexity index is 760. The van der Waals surface area contributed by atoms with Crippen molar-refractivity contribution in [3.63, 3.8) is 0 Å². The first-order valence-electron chi connectivity index (χ1n) is 6.67. The number of benzene rings is 1. The van der Waals surface area contributed by atoms with Gasteiger partial charge in [-0.1, -0.05) is 0 Å². The molecule has 0 aliphatic carbocycles. The van der Waals surface area contributed by atoms with E-state index in [0.717, 1.165) is 4.68 Å². The number of primary amides is 1. The van der Waals surface area contributed by atoms with Gasteiger partial charge in [-0.3, -0.25) is 9.59 Å². The first kappa shape index (κ1) is 16.3. The summed E-state index contributed by atoms with van der Waals surface area (Å²) in [7, 11) is 4.51. The predicted octanol–water partition coefficient (Wildman–Crippen LogP) is 0.421. The molecule has 8 heteroatoms. The van der Waals surface area contributed by atoms with Crippen molar-refractivity contribution < 1.29 is 19.0 Å². The van der Waals surface area contributed by atoms with Gasteiger partial charge in [-0.05, 0) is 18.2 Å². The third-order valence-electron chi connectivity index (χ3n) is 3.13. The maximum absolute atomic E-state index is 11.7. The van der Waals surface area contributed by atoms with E-state index < -0.39 is 11.5 Å². The minimum absolute atomic E-state index is 0.295. The fraction of sp³-hybridized carbons (Fsp3) is 0.267. The Labute approximate surface area is 132 Å². The second-order valence-electron chi connectivity index (χ2n) is 4.59. The molecule has 0 saturated carbocycles. The maximum Gasteiger partial charge on any atom is 0.267 e. The fourth-order valence-electron chi connectivity index (χ4n) is 2.09. The minimum Gasteiger partial charge on any atom is -0.493 e. The van der Waals surface area contributed by atoms with Crippen molar-refractivity contribution in [1.29, 1.82) is 0 Å². The number of carbonyl (C=O) groups is 1. The van der Waals surface area contributed by atoms with Gasteiger partial charge in [-0.25, -0.2) is 4.68 Å². The summed E-state index contributed by atoms with van der Waals surface area (Å²) in [6, 6.07) is 6.25. The third-order valence-corrected chi connectivity index (χ3v) is 3.13. The molecule has 0 atom stereocenters. The van der Waals surface area contributed by atoms with Crippen LogP contribution in [-0.4, -0.2) is 37.0 Å². The topological polar surface area (TPSA) is 106 Å². The smallest absolute Gasteiger partial charge is 0.267 e. The minimum atomic E-state index is -0.651. The van der Waals surface area contributed by atoms with Crippen molar-refractivity contribution in [3.8, 4) is 28.5 Å². The van der Waals surface area contributed by atoms with Crippen LogP contribution in [0.3, 0.4) is 0 Å². The lowest BCUT2D eigenvalue weighted by molar-refractivity contribution is -0.118. The Morgan fingerprint density at radius 1 is 1.13 bits per heavy atom. The lowest BCUT2D eigenvalue weighted by atomic mass is 10.1. The lowest BCUT2D eigenvalue weighted by Gasteiger charge is -2.14. The van der Waals surface area contributed by atoms with Gasteiger partial charge in [0.1, 0.15) is 6.54 Å². The average Bonchev–Trinajstić information content (AvgIpc) is 2.54. The molecule has 8 nitrogen and oxygen atoms in total. The van der Waals surface area contributed by atoms with Gasteiger partial charge in [0.25, 0.3) is 5.56 Å². The summed E-state index contributed by atoms with van der Waals surface area (Å²) >= 11 is 0. The molecule has 2 rings (SSSR count). The summed E-state index contributed by atoms with van der Waals surface area (Å²) in [4.78, 5) is 22.7. The molecule has 0 saturated heterocycles. The monoisotopic (exact) mass is 319 g/mol. The Morgan fingerprint density at radius 3 is 2.22 bits per heavy atom. The van der Waals surface area contributed by atoms with Gasteiger partial charge in [-0.15, -0.1) is 0 Å². The molecule has 0 aliphatic rings. The van der Waals surface area contributed by atoms with Crippen molar-refractivity contribution in [2.45, 2.75) is 6.54 Å². The molecule has 1 heterocycles. The van der Waals surface area contributed by atoms with E-state index in [-0.39, 0.29) is 6.54 Å². The normalized spacial score (nSPS) is 10.2. The number of rotatable bonds is 6. The van der Waals surface area contributed by atoms with E-state index in [1.807, 2.05) is 0 Å². The molecule has 0 bridgehead atoms. The van der Waals surface area contributed by atoms with Crippen LogP contribution in [-0.2, 0) is 11.3 Å². The molecule has 0 fully saturated rings. The third kappa shape index (κ3) is 3.42. The molecule has 0 radical (unpaired) electrons. The van der Waals surface area contributed by atoms with E-state index in [1.54, 1.807) is 18.2 Å². The number of methoxy groups -OCH3 is 3. The van der Waals surface area contributed by atoms with E-state index in [2.05, 4.69) is 5.10 Å². The zero-order valence-electron chi connectivity index (χ0n) is 13.0. The van der Waals surface area contributed by atoms with Crippen molar-refractivity contribution >= 4 is 5.91 Å². The molecule has 23 heavy (non-hydrogen) atoms. The summed E-state index contributed by atoms with van der Waals surface area (Å²) in [6.07, 6.45) is 0. The predicted molar refractivity (Wildman–Crippen MR) is 82.8 cm³/mol. The van der Waals surface area contributed by atoms with Crippen LogP contribution in [0.4, 0.5) is 0 Å². The van der Waals surface area contributed by atoms with Gasteiger partial charge in [0, 0.05) is 11.6 Å². The highest BCUT2D eigenvalue weighted by molar-refractivity contribution is 5.73. The van der Waals surface area contributed by atoms with Crippen LogP contribution in [0.2, 0.25) is 0 Å². The van der Waals surface area contributed by atoms with Crippen LogP contribution >= 0.6 is 0 Å². The molecule has 0 unspecified atom stereocenters. The lowest BCUT2D eigenvalue weighted by Crippen LogP contribution is -2.29. The van der Waals surface area contributed by atoms with Crippen LogP contribution < -0.4 is 25.5 Å². The molecule has 0 spiro atoms. The quantitative estimate of drug-likeness (QED) is 0.827. The van der Waals surface area contributed by atoms with E-state index in [4.69, 9.17) is 19.9 Å². The van der Waals surface area contributed by atoms with Crippen LogP contribution in [0.25, 0.3) is 11.3 Å². The number of nitrogens with two attached hydrogens (primary N) is 1. The summed E-state index contributed by atoms with van der Waals surface area (Å²) < 4.78 is 16.8.